The molecular formula is C36H58O6. The van der Waals surface area contributed by atoms with Crippen molar-refractivity contribution in [1.29, 1.82) is 0 Å². The fourth-order valence-corrected chi connectivity index (χ4v) is 9.14. The zero-order valence-corrected chi connectivity index (χ0v) is 27.1. The maximum Gasteiger partial charge on any atom is 0.306 e. The Bertz CT molecular complexity index is 1040. The van der Waals surface area contributed by atoms with Gasteiger partial charge in [0.25, 0.3) is 0 Å². The van der Waals surface area contributed by atoms with Gasteiger partial charge >= 0.3 is 5.97 Å². The summed E-state index contributed by atoms with van der Waals surface area (Å²) in [6.07, 6.45) is 20.9. The highest BCUT2D eigenvalue weighted by Gasteiger charge is 2.83. The summed E-state index contributed by atoms with van der Waals surface area (Å²) < 4.78 is 6.34. The van der Waals surface area contributed by atoms with Crippen LogP contribution in [0.1, 0.15) is 137 Å². The smallest absolute Gasteiger partial charge is 0.306 e. The number of rotatable bonds is 16. The van der Waals surface area contributed by atoms with E-state index >= 15 is 0 Å². The maximum atomic E-state index is 13.2. The number of Topliss-reactive ketones (excluding diaryl/α,β-unsaturated/α-hetero) is 1. The quantitative estimate of drug-likeness (QED) is 0.102. The van der Waals surface area contributed by atoms with Gasteiger partial charge in [0.1, 0.15) is 11.2 Å². The predicted octanol–water partition coefficient (Wildman–Crippen LogP) is 6.99. The van der Waals surface area contributed by atoms with Crippen LogP contribution < -0.4 is 0 Å². The number of hydrogen-bond acceptors (Lipinski definition) is 6. The summed E-state index contributed by atoms with van der Waals surface area (Å²) in [7, 11) is 0. The average Bonchev–Trinajstić information content (AvgIpc) is 3.34. The van der Waals surface area contributed by atoms with Crippen molar-refractivity contribution in [2.75, 3.05) is 6.61 Å². The lowest BCUT2D eigenvalue weighted by Crippen LogP contribution is -2.61. The summed E-state index contributed by atoms with van der Waals surface area (Å²) in [6.45, 7) is 9.80. The molecule has 0 radical (unpaired) electrons. The molecule has 6 heteroatoms. The standard InChI is InChI=1S/C36H58O6/c1-6-7-8-9-10-11-12-13-14-15-16-17-18-19-30(38)42-35-22-26(3)36(41)28(31(35)33(35,4)5)21-27(24-37)23-34(40)29(36)20-25(2)32(34)39/h20-21,26,28-29,31,37,40-41H,6-19,22-24H2,1-5H3/t26-,28+,29?,31-,34-,35+,36-/m0/s1. The van der Waals surface area contributed by atoms with Gasteiger partial charge in [-0.1, -0.05) is 117 Å². The predicted molar refractivity (Wildman–Crippen MR) is 166 cm³/mol. The number of hydrogen-bond donors (Lipinski definition) is 3. The summed E-state index contributed by atoms with van der Waals surface area (Å²) in [6, 6.07) is 0. The molecule has 4 rings (SSSR count). The van der Waals surface area contributed by atoms with Crippen molar-refractivity contribution in [3.05, 3.63) is 23.3 Å². The van der Waals surface area contributed by atoms with Crippen LogP contribution in [-0.2, 0) is 14.3 Å². The van der Waals surface area contributed by atoms with Crippen LogP contribution in [0.4, 0.5) is 0 Å². The van der Waals surface area contributed by atoms with Crippen LogP contribution >= 0.6 is 0 Å². The summed E-state index contributed by atoms with van der Waals surface area (Å²) in [5, 5.41) is 34.2. The molecule has 42 heavy (non-hydrogen) atoms. The Morgan fingerprint density at radius 3 is 2.02 bits per heavy atom. The second-order valence-corrected chi connectivity index (χ2v) is 14.8. The van der Waals surface area contributed by atoms with Crippen molar-refractivity contribution in [3.8, 4) is 0 Å². The van der Waals surface area contributed by atoms with Gasteiger partial charge in [-0.15, -0.1) is 0 Å². The minimum atomic E-state index is -1.76. The van der Waals surface area contributed by atoms with Crippen molar-refractivity contribution in [3.63, 3.8) is 0 Å². The van der Waals surface area contributed by atoms with Crippen molar-refractivity contribution in [1.82, 2.24) is 0 Å². The molecule has 0 spiro atoms. The van der Waals surface area contributed by atoms with Gasteiger partial charge in [0.2, 0.25) is 0 Å². The topological polar surface area (TPSA) is 104 Å². The largest absolute Gasteiger partial charge is 0.458 e. The highest BCUT2D eigenvalue weighted by atomic mass is 16.6. The molecule has 0 heterocycles. The monoisotopic (exact) mass is 586 g/mol. The molecular weight excluding hydrogens is 528 g/mol. The molecule has 2 saturated carbocycles. The molecule has 2 fully saturated rings. The number of carbonyl (C=O) groups is 2. The van der Waals surface area contributed by atoms with Crippen molar-refractivity contribution in [2.24, 2.45) is 29.1 Å². The van der Waals surface area contributed by atoms with E-state index in [2.05, 4.69) is 20.8 Å². The maximum absolute atomic E-state index is 13.2. The number of aliphatic hydroxyl groups excluding tert-OH is 1. The van der Waals surface area contributed by atoms with Crippen molar-refractivity contribution in [2.45, 2.75) is 154 Å². The molecule has 0 amide bonds. The minimum absolute atomic E-state index is 0.00531. The van der Waals surface area contributed by atoms with E-state index in [4.69, 9.17) is 4.74 Å². The number of esters is 1. The van der Waals surface area contributed by atoms with E-state index in [-0.39, 0.29) is 42.0 Å². The molecule has 7 atom stereocenters. The molecule has 0 aromatic rings. The molecule has 0 aromatic carbocycles. The molecule has 0 aliphatic heterocycles. The Kier molecular flexibility index (Phi) is 10.5. The summed E-state index contributed by atoms with van der Waals surface area (Å²) in [5.41, 5.74) is -3.20. The fraction of sp³-hybridized carbons (Fsp3) is 0.833. The zero-order valence-electron chi connectivity index (χ0n) is 27.1. The Hall–Kier alpha value is -1.50. The van der Waals surface area contributed by atoms with E-state index in [1.54, 1.807) is 13.0 Å². The van der Waals surface area contributed by atoms with Crippen LogP contribution in [0.25, 0.3) is 0 Å². The van der Waals surface area contributed by atoms with E-state index in [1.807, 2.05) is 13.0 Å². The highest BCUT2D eigenvalue weighted by Crippen LogP contribution is 2.76. The first-order valence-corrected chi connectivity index (χ1v) is 17.1. The van der Waals surface area contributed by atoms with E-state index in [1.165, 1.54) is 64.2 Å². The molecule has 6 nitrogen and oxygen atoms in total. The van der Waals surface area contributed by atoms with E-state index in [0.29, 0.717) is 24.0 Å². The first-order chi connectivity index (χ1) is 19.9. The lowest BCUT2D eigenvalue weighted by molar-refractivity contribution is -0.187. The Balaban J connectivity index is 1.30. The van der Waals surface area contributed by atoms with Crippen LogP contribution in [0.5, 0.6) is 0 Å². The van der Waals surface area contributed by atoms with E-state index < -0.39 is 28.6 Å². The second-order valence-electron chi connectivity index (χ2n) is 14.8. The molecule has 238 valence electrons. The third-order valence-corrected chi connectivity index (χ3v) is 11.7. The summed E-state index contributed by atoms with van der Waals surface area (Å²) >= 11 is 0. The summed E-state index contributed by atoms with van der Waals surface area (Å²) in [5.74, 6) is -2.25. The Morgan fingerprint density at radius 2 is 1.48 bits per heavy atom. The second kappa shape index (κ2) is 13.2. The lowest BCUT2D eigenvalue weighted by atomic mass is 9.60. The van der Waals surface area contributed by atoms with Crippen LogP contribution in [0, 0.1) is 29.1 Å². The number of unbranched alkanes of at least 4 members (excludes halogenated alkanes) is 12. The number of carbonyl (C=O) groups excluding carboxylic acids is 2. The van der Waals surface area contributed by atoms with Gasteiger partial charge in [0.05, 0.1) is 12.2 Å². The van der Waals surface area contributed by atoms with Gasteiger partial charge in [-0.25, -0.2) is 0 Å². The van der Waals surface area contributed by atoms with Crippen LogP contribution in [0.3, 0.4) is 0 Å². The number of aliphatic hydroxyl groups is 3. The number of ketones is 1. The first-order valence-electron chi connectivity index (χ1n) is 17.1. The number of fused-ring (bicyclic) bond motifs is 5. The molecule has 0 bridgehead atoms. The minimum Gasteiger partial charge on any atom is -0.458 e. The Labute approximate surface area is 254 Å². The SMILES string of the molecule is CCCCCCCCCCCCCCCC(=O)O[C@]12C[C@H](C)[C@@]3(O)C4C=C(C)C(=O)[C@]4(O)CC(CO)=C[C@@H]3[C@H]1C2(C)C. The normalized spacial score (nSPS) is 36.3. The van der Waals surface area contributed by atoms with Gasteiger partial charge in [-0.2, -0.15) is 0 Å². The van der Waals surface area contributed by atoms with E-state index in [9.17, 15) is 24.9 Å². The third kappa shape index (κ3) is 5.94. The molecule has 1 unspecified atom stereocenters. The van der Waals surface area contributed by atoms with Crippen molar-refractivity contribution >= 4 is 11.8 Å². The number of ether oxygens (including phenoxy) is 1. The zero-order chi connectivity index (χ0) is 30.8. The first kappa shape index (κ1) is 33.4. The van der Waals surface area contributed by atoms with Gasteiger partial charge in [-0.3, -0.25) is 9.59 Å². The molecule has 3 N–H and O–H groups in total. The molecule has 4 aliphatic carbocycles. The van der Waals surface area contributed by atoms with E-state index in [0.717, 1.165) is 19.3 Å². The van der Waals surface area contributed by atoms with Gasteiger partial charge < -0.3 is 20.1 Å². The lowest BCUT2D eigenvalue weighted by Gasteiger charge is -2.50. The highest BCUT2D eigenvalue weighted by molar-refractivity contribution is 6.04. The van der Waals surface area contributed by atoms with Crippen LogP contribution in [-0.4, -0.2) is 50.5 Å². The third-order valence-electron chi connectivity index (χ3n) is 11.7. The summed E-state index contributed by atoms with van der Waals surface area (Å²) in [4.78, 5) is 26.2. The van der Waals surface area contributed by atoms with Crippen molar-refractivity contribution < 1.29 is 29.6 Å². The van der Waals surface area contributed by atoms with Crippen LogP contribution in [0.15, 0.2) is 23.3 Å². The molecule has 0 saturated heterocycles. The molecule has 0 aromatic heterocycles. The fourth-order valence-electron chi connectivity index (χ4n) is 9.14. The van der Waals surface area contributed by atoms with Gasteiger partial charge in [0.15, 0.2) is 5.78 Å². The Morgan fingerprint density at radius 1 is 0.929 bits per heavy atom. The molecule has 4 aliphatic rings. The van der Waals surface area contributed by atoms with Gasteiger partial charge in [-0.05, 0) is 36.8 Å². The van der Waals surface area contributed by atoms with Crippen LogP contribution in [0.2, 0.25) is 0 Å². The average molecular weight is 587 g/mol. The van der Waals surface area contributed by atoms with Gasteiger partial charge in [0, 0.05) is 36.0 Å².